The lowest BCUT2D eigenvalue weighted by atomic mass is 9.77. The van der Waals surface area contributed by atoms with Crippen LogP contribution in [0.1, 0.15) is 52.9 Å². The Morgan fingerprint density at radius 2 is 2.00 bits per heavy atom. The number of carboxylic acids is 1. The molecule has 0 heterocycles. The molecule has 0 aliphatic heterocycles. The van der Waals surface area contributed by atoms with Crippen LogP contribution in [0.3, 0.4) is 0 Å². The van der Waals surface area contributed by atoms with Crippen LogP contribution >= 0.6 is 0 Å². The predicted octanol–water partition coefficient (Wildman–Crippen LogP) is 4.84. The minimum Gasteiger partial charge on any atom is -0.481 e. The number of hydrogen-bond donors (Lipinski definition) is 1. The Bertz CT molecular complexity index is 371. The fourth-order valence-corrected chi connectivity index (χ4v) is 4.25. The molecule has 1 N–H and O–H groups in total. The third-order valence-corrected chi connectivity index (χ3v) is 9.72. The van der Waals surface area contributed by atoms with E-state index in [0.29, 0.717) is 5.92 Å². The van der Waals surface area contributed by atoms with Crippen molar-refractivity contribution in [1.29, 1.82) is 0 Å². The van der Waals surface area contributed by atoms with Gasteiger partial charge in [0, 0.05) is 0 Å². The standard InChI is InChI=1S/C17H32O3Si/c1-7-8-10-13-11-9-12-14(16(18)19)15(13)20-21(5,6)17(2,3)4/h7,13-15H,1,8-12H2,2-6H3,(H,18,19)/t13-,14+,15?/m0/s1. The molecule has 0 saturated heterocycles. The van der Waals surface area contributed by atoms with E-state index in [4.69, 9.17) is 4.43 Å². The summed E-state index contributed by atoms with van der Waals surface area (Å²) in [5.74, 6) is -0.684. The minimum atomic E-state index is -1.95. The lowest BCUT2D eigenvalue weighted by Gasteiger charge is -2.45. The third kappa shape index (κ3) is 4.68. The molecule has 3 nitrogen and oxygen atoms in total. The van der Waals surface area contributed by atoms with Crippen molar-refractivity contribution in [3.8, 4) is 0 Å². The summed E-state index contributed by atoms with van der Waals surface area (Å²) in [4.78, 5) is 11.6. The maximum absolute atomic E-state index is 11.6. The van der Waals surface area contributed by atoms with Crippen molar-refractivity contribution < 1.29 is 14.3 Å². The second-order valence-corrected chi connectivity index (χ2v) is 12.6. The molecule has 1 aliphatic rings. The molecule has 0 radical (unpaired) electrons. The highest BCUT2D eigenvalue weighted by atomic mass is 28.4. The van der Waals surface area contributed by atoms with Gasteiger partial charge in [-0.25, -0.2) is 0 Å². The Hall–Kier alpha value is -0.613. The van der Waals surface area contributed by atoms with Gasteiger partial charge >= 0.3 is 5.97 Å². The number of aliphatic carboxylic acids is 1. The average molecular weight is 313 g/mol. The van der Waals surface area contributed by atoms with Crippen LogP contribution in [0.15, 0.2) is 12.7 Å². The zero-order valence-corrected chi connectivity index (χ0v) is 15.3. The van der Waals surface area contributed by atoms with E-state index in [1.54, 1.807) is 0 Å². The average Bonchev–Trinajstić information content (AvgIpc) is 2.35. The van der Waals surface area contributed by atoms with E-state index >= 15 is 0 Å². The van der Waals surface area contributed by atoms with Gasteiger partial charge in [0.05, 0.1) is 12.0 Å². The molecule has 0 aromatic heterocycles. The van der Waals surface area contributed by atoms with Crippen LogP contribution in [0.25, 0.3) is 0 Å². The van der Waals surface area contributed by atoms with Crippen LogP contribution in [0, 0.1) is 11.8 Å². The topological polar surface area (TPSA) is 46.5 Å². The first-order chi connectivity index (χ1) is 9.60. The zero-order chi connectivity index (χ0) is 16.3. The quantitative estimate of drug-likeness (QED) is 0.563. The summed E-state index contributed by atoms with van der Waals surface area (Å²) in [5, 5.41) is 9.67. The molecular formula is C17H32O3Si. The van der Waals surface area contributed by atoms with Gasteiger partial charge in [-0.3, -0.25) is 4.79 Å². The van der Waals surface area contributed by atoms with Gasteiger partial charge < -0.3 is 9.53 Å². The molecule has 1 fully saturated rings. The van der Waals surface area contributed by atoms with Crippen molar-refractivity contribution in [3.63, 3.8) is 0 Å². The highest BCUT2D eigenvalue weighted by Gasteiger charge is 2.45. The number of hydrogen-bond acceptors (Lipinski definition) is 2. The maximum atomic E-state index is 11.6. The zero-order valence-electron chi connectivity index (χ0n) is 14.3. The van der Waals surface area contributed by atoms with Crippen LogP contribution in [0.2, 0.25) is 18.1 Å². The predicted molar refractivity (Wildman–Crippen MR) is 90.0 cm³/mol. The Kier molecular flexibility index (Phi) is 6.23. The molecule has 1 saturated carbocycles. The smallest absolute Gasteiger partial charge is 0.309 e. The number of carbonyl (C=O) groups is 1. The number of allylic oxidation sites excluding steroid dienone is 1. The summed E-state index contributed by atoms with van der Waals surface area (Å²) in [6.07, 6.45) is 6.55. The van der Waals surface area contributed by atoms with Gasteiger partial charge in [0.1, 0.15) is 0 Å². The van der Waals surface area contributed by atoms with Gasteiger partial charge in [-0.05, 0) is 49.7 Å². The SMILES string of the molecule is C=CCC[C@H]1CCC[C@@H](C(=O)O)C1O[Si](C)(C)C(C)(C)C. The van der Waals surface area contributed by atoms with E-state index in [0.717, 1.165) is 32.1 Å². The summed E-state index contributed by atoms with van der Waals surface area (Å²) in [7, 11) is -1.95. The van der Waals surface area contributed by atoms with Crippen molar-refractivity contribution in [2.24, 2.45) is 11.8 Å². The molecule has 0 aromatic carbocycles. The Morgan fingerprint density at radius 3 is 2.48 bits per heavy atom. The molecule has 0 amide bonds. The number of rotatable bonds is 6. The molecule has 4 heteroatoms. The van der Waals surface area contributed by atoms with Crippen molar-refractivity contribution in [2.75, 3.05) is 0 Å². The van der Waals surface area contributed by atoms with Crippen LogP contribution in [0.5, 0.6) is 0 Å². The highest BCUT2D eigenvalue weighted by molar-refractivity contribution is 6.74. The van der Waals surface area contributed by atoms with Crippen molar-refractivity contribution in [2.45, 2.75) is 77.1 Å². The maximum Gasteiger partial charge on any atom is 0.309 e. The Labute approximate surface area is 130 Å². The molecule has 1 aliphatic carbocycles. The summed E-state index contributed by atoms with van der Waals surface area (Å²) >= 11 is 0. The van der Waals surface area contributed by atoms with E-state index in [2.05, 4.69) is 40.4 Å². The summed E-state index contributed by atoms with van der Waals surface area (Å²) in [6, 6.07) is 0. The lowest BCUT2D eigenvalue weighted by molar-refractivity contribution is -0.148. The third-order valence-electron chi connectivity index (χ3n) is 5.25. The molecule has 0 aromatic rings. The van der Waals surface area contributed by atoms with Gasteiger partial charge in [-0.1, -0.05) is 33.3 Å². The molecule has 122 valence electrons. The van der Waals surface area contributed by atoms with Crippen molar-refractivity contribution in [3.05, 3.63) is 12.7 Å². The minimum absolute atomic E-state index is 0.108. The Balaban J connectivity index is 2.95. The van der Waals surface area contributed by atoms with Crippen LogP contribution < -0.4 is 0 Å². The fourth-order valence-electron chi connectivity index (χ4n) is 2.86. The monoisotopic (exact) mass is 312 g/mol. The molecule has 0 spiro atoms. The van der Waals surface area contributed by atoms with E-state index in [-0.39, 0.29) is 17.1 Å². The van der Waals surface area contributed by atoms with Gasteiger partial charge in [0.25, 0.3) is 0 Å². The van der Waals surface area contributed by atoms with E-state index in [9.17, 15) is 9.90 Å². The summed E-state index contributed by atoms with van der Waals surface area (Å²) < 4.78 is 6.55. The van der Waals surface area contributed by atoms with Crippen molar-refractivity contribution >= 4 is 14.3 Å². The Morgan fingerprint density at radius 1 is 1.38 bits per heavy atom. The molecule has 21 heavy (non-hydrogen) atoms. The molecule has 0 bridgehead atoms. The van der Waals surface area contributed by atoms with Crippen LogP contribution in [-0.2, 0) is 9.22 Å². The molecular weight excluding hydrogens is 280 g/mol. The fraction of sp³-hybridized carbons (Fsp3) is 0.824. The van der Waals surface area contributed by atoms with E-state index < -0.39 is 14.3 Å². The first kappa shape index (κ1) is 18.4. The van der Waals surface area contributed by atoms with Crippen LogP contribution in [0.4, 0.5) is 0 Å². The second kappa shape index (κ2) is 7.10. The molecule has 1 rings (SSSR count). The normalized spacial score (nSPS) is 27.4. The summed E-state index contributed by atoms with van der Waals surface area (Å²) in [5.41, 5.74) is 0. The highest BCUT2D eigenvalue weighted by Crippen LogP contribution is 2.42. The largest absolute Gasteiger partial charge is 0.481 e. The van der Waals surface area contributed by atoms with Gasteiger partial charge in [-0.15, -0.1) is 6.58 Å². The van der Waals surface area contributed by atoms with E-state index in [1.165, 1.54) is 0 Å². The van der Waals surface area contributed by atoms with Gasteiger partial charge in [0.2, 0.25) is 0 Å². The first-order valence-electron chi connectivity index (χ1n) is 8.11. The second-order valence-electron chi connectivity index (χ2n) is 7.84. The number of carboxylic acid groups (broad SMARTS) is 1. The van der Waals surface area contributed by atoms with Crippen LogP contribution in [-0.4, -0.2) is 25.5 Å². The molecule has 3 atom stereocenters. The van der Waals surface area contributed by atoms with Gasteiger partial charge in [-0.2, -0.15) is 0 Å². The first-order valence-corrected chi connectivity index (χ1v) is 11.0. The lowest BCUT2D eigenvalue weighted by Crippen LogP contribution is -2.50. The van der Waals surface area contributed by atoms with Gasteiger partial charge in [0.15, 0.2) is 8.32 Å². The summed E-state index contributed by atoms with van der Waals surface area (Å²) in [6.45, 7) is 14.8. The van der Waals surface area contributed by atoms with E-state index in [1.807, 2.05) is 6.08 Å². The molecule has 1 unspecified atom stereocenters. The van der Waals surface area contributed by atoms with Crippen molar-refractivity contribution in [1.82, 2.24) is 0 Å².